The van der Waals surface area contributed by atoms with Gasteiger partial charge in [0.1, 0.15) is 0 Å². The fourth-order valence-electron chi connectivity index (χ4n) is 2.60. The average Bonchev–Trinajstić information content (AvgIpc) is 2.79. The lowest BCUT2D eigenvalue weighted by Gasteiger charge is -2.14. The molecule has 1 aromatic carbocycles. The zero-order chi connectivity index (χ0) is 14.0. The zero-order valence-corrected chi connectivity index (χ0v) is 12.0. The van der Waals surface area contributed by atoms with Gasteiger partial charge in [0.15, 0.2) is 0 Å². The van der Waals surface area contributed by atoms with Gasteiger partial charge in [0.2, 0.25) is 5.91 Å². The van der Waals surface area contributed by atoms with Crippen LogP contribution in [0.5, 0.6) is 0 Å². The number of carbonyl (C=O) groups is 1. The largest absolute Gasteiger partial charge is 0.388 e. The number of carbonyl (C=O) groups excluding carboxylic acids is 1. The molecule has 1 amide bonds. The maximum absolute atomic E-state index is 11.7. The van der Waals surface area contributed by atoms with Crippen molar-refractivity contribution in [2.24, 2.45) is 5.92 Å². The maximum Gasteiger partial charge on any atom is 0.222 e. The predicted octanol–water partition coefficient (Wildman–Crippen LogP) is 3.02. The molecule has 19 heavy (non-hydrogen) atoms. The van der Waals surface area contributed by atoms with E-state index < -0.39 is 6.10 Å². The Kier molecular flexibility index (Phi) is 4.25. The minimum absolute atomic E-state index is 0.195. The third-order valence-corrected chi connectivity index (χ3v) is 3.69. The molecule has 1 unspecified atom stereocenters. The van der Waals surface area contributed by atoms with E-state index in [0.29, 0.717) is 25.4 Å². The summed E-state index contributed by atoms with van der Waals surface area (Å²) < 4.78 is 0. The molecule has 1 aliphatic heterocycles. The fraction of sp³-hybridized carbons (Fsp3) is 0.562. The second-order valence-electron chi connectivity index (χ2n) is 5.78. The number of benzene rings is 1. The van der Waals surface area contributed by atoms with Gasteiger partial charge in [-0.1, -0.05) is 39.0 Å². The van der Waals surface area contributed by atoms with E-state index in [1.807, 2.05) is 17.9 Å². The summed E-state index contributed by atoms with van der Waals surface area (Å²) in [6.45, 7) is 7.51. The standard InChI is InChI=1S/C16H23NO2/c1-4-16(19)17-9-13-6-5-12(8-14(13)10-17)15(18)7-11(2)3/h5-6,8,11,15,18H,4,7,9-10H2,1-3H3. The fourth-order valence-corrected chi connectivity index (χ4v) is 2.60. The molecule has 1 N–H and O–H groups in total. The Labute approximate surface area is 115 Å². The summed E-state index contributed by atoms with van der Waals surface area (Å²) in [5, 5.41) is 10.2. The monoisotopic (exact) mass is 261 g/mol. The summed E-state index contributed by atoms with van der Waals surface area (Å²) in [7, 11) is 0. The predicted molar refractivity (Wildman–Crippen MR) is 75.4 cm³/mol. The number of nitrogens with zero attached hydrogens (tertiary/aromatic N) is 1. The van der Waals surface area contributed by atoms with Crippen LogP contribution in [0.15, 0.2) is 18.2 Å². The van der Waals surface area contributed by atoms with Gasteiger partial charge in [-0.3, -0.25) is 4.79 Å². The van der Waals surface area contributed by atoms with Gasteiger partial charge >= 0.3 is 0 Å². The normalized spacial score (nSPS) is 15.7. The van der Waals surface area contributed by atoms with Crippen molar-refractivity contribution in [3.63, 3.8) is 0 Å². The molecule has 0 spiro atoms. The van der Waals surface area contributed by atoms with Crippen LogP contribution in [0.4, 0.5) is 0 Å². The Bertz CT molecular complexity index is 468. The van der Waals surface area contributed by atoms with Gasteiger partial charge in [-0.2, -0.15) is 0 Å². The van der Waals surface area contributed by atoms with Crippen molar-refractivity contribution in [2.75, 3.05) is 0 Å². The number of fused-ring (bicyclic) bond motifs is 1. The summed E-state index contributed by atoms with van der Waals surface area (Å²) >= 11 is 0. The first-order valence-electron chi connectivity index (χ1n) is 7.08. The van der Waals surface area contributed by atoms with E-state index in [9.17, 15) is 9.90 Å². The smallest absolute Gasteiger partial charge is 0.222 e. The molecule has 1 aliphatic rings. The Morgan fingerprint density at radius 1 is 1.32 bits per heavy atom. The molecule has 1 atom stereocenters. The first-order valence-corrected chi connectivity index (χ1v) is 7.08. The van der Waals surface area contributed by atoms with E-state index in [1.165, 1.54) is 11.1 Å². The molecular weight excluding hydrogens is 238 g/mol. The number of hydrogen-bond acceptors (Lipinski definition) is 2. The topological polar surface area (TPSA) is 40.5 Å². The van der Waals surface area contributed by atoms with Gasteiger partial charge in [-0.25, -0.2) is 0 Å². The molecule has 0 fully saturated rings. The van der Waals surface area contributed by atoms with Crippen LogP contribution < -0.4 is 0 Å². The third kappa shape index (κ3) is 3.16. The molecule has 1 aromatic rings. The molecule has 1 heterocycles. The Balaban J connectivity index is 2.12. The van der Waals surface area contributed by atoms with E-state index in [1.54, 1.807) is 0 Å². The van der Waals surface area contributed by atoms with Gasteiger partial charge in [0, 0.05) is 19.5 Å². The summed E-state index contributed by atoms with van der Waals surface area (Å²) in [6.07, 6.45) is 0.925. The van der Waals surface area contributed by atoms with Crippen LogP contribution in [-0.4, -0.2) is 15.9 Å². The van der Waals surface area contributed by atoms with E-state index in [2.05, 4.69) is 26.0 Å². The van der Waals surface area contributed by atoms with Gasteiger partial charge < -0.3 is 10.0 Å². The van der Waals surface area contributed by atoms with Gasteiger partial charge in [0.25, 0.3) is 0 Å². The van der Waals surface area contributed by atoms with Crippen LogP contribution in [0.25, 0.3) is 0 Å². The van der Waals surface area contributed by atoms with Gasteiger partial charge in [-0.05, 0) is 29.0 Å². The van der Waals surface area contributed by atoms with E-state index in [4.69, 9.17) is 0 Å². The Morgan fingerprint density at radius 3 is 2.63 bits per heavy atom. The highest BCUT2D eigenvalue weighted by Gasteiger charge is 2.23. The van der Waals surface area contributed by atoms with Crippen molar-refractivity contribution in [1.82, 2.24) is 4.90 Å². The van der Waals surface area contributed by atoms with Gasteiger partial charge in [-0.15, -0.1) is 0 Å². The molecule has 0 aromatic heterocycles. The molecular formula is C16H23NO2. The molecule has 0 aliphatic carbocycles. The Morgan fingerprint density at radius 2 is 2.00 bits per heavy atom. The molecule has 0 saturated carbocycles. The third-order valence-electron chi connectivity index (χ3n) is 3.69. The highest BCUT2D eigenvalue weighted by molar-refractivity contribution is 5.76. The molecule has 2 rings (SSSR count). The summed E-state index contributed by atoms with van der Waals surface area (Å²) in [4.78, 5) is 13.6. The number of aliphatic hydroxyl groups excluding tert-OH is 1. The first kappa shape index (κ1) is 14.1. The lowest BCUT2D eigenvalue weighted by molar-refractivity contribution is -0.131. The molecule has 3 heteroatoms. The number of rotatable bonds is 4. The highest BCUT2D eigenvalue weighted by atomic mass is 16.3. The summed E-state index contributed by atoms with van der Waals surface area (Å²) in [5.74, 6) is 0.668. The van der Waals surface area contributed by atoms with Crippen molar-refractivity contribution < 1.29 is 9.90 Å². The van der Waals surface area contributed by atoms with Crippen molar-refractivity contribution in [3.05, 3.63) is 34.9 Å². The molecule has 104 valence electrons. The van der Waals surface area contributed by atoms with E-state index in [-0.39, 0.29) is 5.91 Å². The second-order valence-corrected chi connectivity index (χ2v) is 5.78. The molecule has 0 bridgehead atoms. The number of aliphatic hydroxyl groups is 1. The summed E-state index contributed by atoms with van der Waals surface area (Å²) in [5.41, 5.74) is 3.36. The minimum Gasteiger partial charge on any atom is -0.388 e. The maximum atomic E-state index is 11.7. The number of amides is 1. The molecule has 3 nitrogen and oxygen atoms in total. The van der Waals surface area contributed by atoms with Crippen LogP contribution in [0.3, 0.4) is 0 Å². The Hall–Kier alpha value is -1.35. The van der Waals surface area contributed by atoms with Crippen LogP contribution >= 0.6 is 0 Å². The molecule has 0 radical (unpaired) electrons. The van der Waals surface area contributed by atoms with Crippen molar-refractivity contribution >= 4 is 5.91 Å². The van der Waals surface area contributed by atoms with Crippen molar-refractivity contribution in [1.29, 1.82) is 0 Å². The lowest BCUT2D eigenvalue weighted by atomic mass is 9.97. The zero-order valence-electron chi connectivity index (χ0n) is 12.0. The van der Waals surface area contributed by atoms with Crippen LogP contribution in [0.2, 0.25) is 0 Å². The second kappa shape index (κ2) is 5.74. The number of hydrogen-bond donors (Lipinski definition) is 1. The van der Waals surface area contributed by atoms with Crippen LogP contribution in [0, 0.1) is 5.92 Å². The highest BCUT2D eigenvalue weighted by Crippen LogP contribution is 2.28. The average molecular weight is 261 g/mol. The first-order chi connectivity index (χ1) is 9.01. The SMILES string of the molecule is CCC(=O)N1Cc2ccc(C(O)CC(C)C)cc2C1. The van der Waals surface area contributed by atoms with Crippen LogP contribution in [-0.2, 0) is 17.9 Å². The lowest BCUT2D eigenvalue weighted by Crippen LogP contribution is -2.23. The van der Waals surface area contributed by atoms with Crippen molar-refractivity contribution in [2.45, 2.75) is 52.8 Å². The quantitative estimate of drug-likeness (QED) is 0.905. The van der Waals surface area contributed by atoms with E-state index >= 15 is 0 Å². The van der Waals surface area contributed by atoms with E-state index in [0.717, 1.165) is 12.0 Å². The minimum atomic E-state index is -0.402. The molecule has 0 saturated heterocycles. The summed E-state index contributed by atoms with van der Waals surface area (Å²) in [6, 6.07) is 6.11. The van der Waals surface area contributed by atoms with Gasteiger partial charge in [0.05, 0.1) is 6.10 Å². The van der Waals surface area contributed by atoms with Crippen LogP contribution in [0.1, 0.15) is 56.4 Å². The van der Waals surface area contributed by atoms with Crippen molar-refractivity contribution in [3.8, 4) is 0 Å².